The van der Waals surface area contributed by atoms with E-state index in [1.165, 1.54) is 0 Å². The zero-order valence-electron chi connectivity index (χ0n) is 15.8. The number of likely N-dealkylation sites (N-methyl/N-ethyl adjacent to an activating group) is 1. The van der Waals surface area contributed by atoms with Gasteiger partial charge in [0.1, 0.15) is 12.7 Å². The van der Waals surface area contributed by atoms with Crippen LogP contribution in [0.5, 0.6) is 11.5 Å². The number of benzene rings is 2. The molecule has 1 atom stereocenters. The summed E-state index contributed by atoms with van der Waals surface area (Å²) < 4.78 is 11.4. The number of fused-ring (bicyclic) bond motifs is 1. The lowest BCUT2D eigenvalue weighted by molar-refractivity contribution is -0.123. The second kappa shape index (κ2) is 9.82. The first kappa shape index (κ1) is 21.2. The molecule has 0 bridgehead atoms. The number of hydrogen-bond donors (Lipinski definition) is 2. The molecule has 0 saturated heterocycles. The van der Waals surface area contributed by atoms with Crippen molar-refractivity contribution >= 4 is 40.7 Å². The summed E-state index contributed by atoms with van der Waals surface area (Å²) >= 11 is 12.1. The van der Waals surface area contributed by atoms with E-state index in [2.05, 4.69) is 10.6 Å². The van der Waals surface area contributed by atoms with Crippen molar-refractivity contribution in [1.29, 1.82) is 0 Å². The van der Waals surface area contributed by atoms with E-state index in [0.29, 0.717) is 40.4 Å². The molecule has 2 amide bonds. The summed E-state index contributed by atoms with van der Waals surface area (Å²) in [6.45, 7) is 0.718. The normalized spacial score (nSPS) is 15.1. The van der Waals surface area contributed by atoms with Crippen LogP contribution in [-0.4, -0.2) is 56.1 Å². The molecule has 1 unspecified atom stereocenters. The third-order valence-electron chi connectivity index (χ3n) is 4.15. The van der Waals surface area contributed by atoms with Gasteiger partial charge in [-0.15, -0.1) is 0 Å². The standard InChI is InChI=1S/C20H21Cl2N3O4/c1-25(11-19(27)24-20-14(21)5-4-6-15(20)22)10-18(26)23-9-13-12-28-16-7-2-3-8-17(16)29-13/h2-8,13H,9-12H2,1H3,(H,23,26)(H,24,27). The van der Waals surface area contributed by atoms with Crippen molar-refractivity contribution in [2.24, 2.45) is 0 Å². The molecule has 0 fully saturated rings. The number of ether oxygens (including phenoxy) is 2. The largest absolute Gasteiger partial charge is 0.486 e. The lowest BCUT2D eigenvalue weighted by Gasteiger charge is -2.26. The van der Waals surface area contributed by atoms with Crippen LogP contribution < -0.4 is 20.1 Å². The molecule has 2 N–H and O–H groups in total. The van der Waals surface area contributed by atoms with Crippen LogP contribution in [0.4, 0.5) is 5.69 Å². The molecule has 0 spiro atoms. The first-order valence-electron chi connectivity index (χ1n) is 9.00. The maximum absolute atomic E-state index is 12.2. The lowest BCUT2D eigenvalue weighted by atomic mass is 10.2. The molecular formula is C20H21Cl2N3O4. The van der Waals surface area contributed by atoms with E-state index in [1.807, 2.05) is 24.3 Å². The lowest BCUT2D eigenvalue weighted by Crippen LogP contribution is -2.44. The van der Waals surface area contributed by atoms with Crippen molar-refractivity contribution in [3.8, 4) is 11.5 Å². The smallest absolute Gasteiger partial charge is 0.238 e. The van der Waals surface area contributed by atoms with Gasteiger partial charge in [0.2, 0.25) is 11.8 Å². The van der Waals surface area contributed by atoms with Gasteiger partial charge in [-0.05, 0) is 31.3 Å². The van der Waals surface area contributed by atoms with E-state index in [-0.39, 0.29) is 31.0 Å². The average Bonchev–Trinajstić information content (AvgIpc) is 2.69. The summed E-state index contributed by atoms with van der Waals surface area (Å²) in [4.78, 5) is 25.9. The minimum atomic E-state index is -0.323. The van der Waals surface area contributed by atoms with Gasteiger partial charge in [0.15, 0.2) is 11.5 Å². The van der Waals surface area contributed by atoms with Gasteiger partial charge in [0.05, 0.1) is 35.4 Å². The number of carbonyl (C=O) groups is 2. The molecule has 1 heterocycles. The van der Waals surface area contributed by atoms with Crippen molar-refractivity contribution in [3.63, 3.8) is 0 Å². The van der Waals surface area contributed by atoms with Crippen molar-refractivity contribution in [1.82, 2.24) is 10.2 Å². The third-order valence-corrected chi connectivity index (χ3v) is 4.78. The molecule has 9 heteroatoms. The molecule has 0 aliphatic carbocycles. The number of carbonyl (C=O) groups excluding carboxylic acids is 2. The number of rotatable bonds is 7. The Bertz CT molecular complexity index is 874. The first-order valence-corrected chi connectivity index (χ1v) is 9.75. The van der Waals surface area contributed by atoms with Crippen molar-refractivity contribution in [3.05, 3.63) is 52.5 Å². The van der Waals surface area contributed by atoms with E-state index in [9.17, 15) is 9.59 Å². The Morgan fingerprint density at radius 3 is 2.41 bits per heavy atom. The van der Waals surface area contributed by atoms with Crippen molar-refractivity contribution in [2.45, 2.75) is 6.10 Å². The third kappa shape index (κ3) is 6.00. The van der Waals surface area contributed by atoms with Crippen LogP contribution in [0.15, 0.2) is 42.5 Å². The number of anilines is 1. The monoisotopic (exact) mass is 437 g/mol. The highest BCUT2D eigenvalue weighted by molar-refractivity contribution is 6.39. The summed E-state index contributed by atoms with van der Waals surface area (Å²) in [5.41, 5.74) is 0.355. The van der Waals surface area contributed by atoms with Crippen LogP contribution >= 0.6 is 23.2 Å². The Labute approximate surface area is 178 Å². The van der Waals surface area contributed by atoms with E-state index in [1.54, 1.807) is 30.1 Å². The Morgan fingerprint density at radius 2 is 1.69 bits per heavy atom. The maximum Gasteiger partial charge on any atom is 0.238 e. The molecule has 2 aromatic rings. The first-order chi connectivity index (χ1) is 13.9. The molecular weight excluding hydrogens is 417 g/mol. The van der Waals surface area contributed by atoms with Crippen LogP contribution in [0.25, 0.3) is 0 Å². The van der Waals surface area contributed by atoms with Gasteiger partial charge < -0.3 is 20.1 Å². The van der Waals surface area contributed by atoms with Crippen LogP contribution in [0.3, 0.4) is 0 Å². The number of nitrogens with one attached hydrogen (secondary N) is 2. The Kier molecular flexibility index (Phi) is 7.19. The fourth-order valence-corrected chi connectivity index (χ4v) is 3.28. The Balaban J connectivity index is 1.41. The molecule has 0 radical (unpaired) electrons. The fourth-order valence-electron chi connectivity index (χ4n) is 2.79. The van der Waals surface area contributed by atoms with Crippen LogP contribution in [0.2, 0.25) is 10.0 Å². The number of amides is 2. The SMILES string of the molecule is CN(CC(=O)NCC1COc2ccccc2O1)CC(=O)Nc1c(Cl)cccc1Cl. The summed E-state index contributed by atoms with van der Waals surface area (Å²) in [6.07, 6.45) is -0.273. The summed E-state index contributed by atoms with van der Waals surface area (Å²) in [6, 6.07) is 12.3. The van der Waals surface area contributed by atoms with Gasteiger partial charge in [0, 0.05) is 0 Å². The van der Waals surface area contributed by atoms with Crippen molar-refractivity contribution < 1.29 is 19.1 Å². The van der Waals surface area contributed by atoms with Gasteiger partial charge in [-0.1, -0.05) is 41.4 Å². The molecule has 29 heavy (non-hydrogen) atoms. The highest BCUT2D eigenvalue weighted by Gasteiger charge is 2.21. The van der Waals surface area contributed by atoms with E-state index < -0.39 is 0 Å². The fraction of sp³-hybridized carbons (Fsp3) is 0.300. The van der Waals surface area contributed by atoms with E-state index in [0.717, 1.165) is 0 Å². The molecule has 0 saturated carbocycles. The number of nitrogens with zero attached hydrogens (tertiary/aromatic N) is 1. The van der Waals surface area contributed by atoms with E-state index >= 15 is 0 Å². The summed E-state index contributed by atoms with van der Waals surface area (Å²) in [5, 5.41) is 6.16. The quantitative estimate of drug-likeness (QED) is 0.695. The maximum atomic E-state index is 12.2. The second-order valence-electron chi connectivity index (χ2n) is 6.62. The molecule has 2 aromatic carbocycles. The van der Waals surface area contributed by atoms with E-state index in [4.69, 9.17) is 32.7 Å². The zero-order chi connectivity index (χ0) is 20.8. The predicted octanol–water partition coefficient (Wildman–Crippen LogP) is 2.82. The average molecular weight is 438 g/mol. The van der Waals surface area contributed by atoms with Crippen LogP contribution in [-0.2, 0) is 9.59 Å². The zero-order valence-corrected chi connectivity index (χ0v) is 17.3. The minimum Gasteiger partial charge on any atom is -0.486 e. The number of hydrogen-bond acceptors (Lipinski definition) is 5. The molecule has 7 nitrogen and oxygen atoms in total. The predicted molar refractivity (Wildman–Crippen MR) is 112 cm³/mol. The molecule has 154 valence electrons. The van der Waals surface area contributed by atoms with Gasteiger partial charge in [-0.25, -0.2) is 0 Å². The van der Waals surface area contributed by atoms with Gasteiger partial charge >= 0.3 is 0 Å². The molecule has 1 aliphatic rings. The second-order valence-corrected chi connectivity index (χ2v) is 7.43. The highest BCUT2D eigenvalue weighted by atomic mass is 35.5. The topological polar surface area (TPSA) is 79.9 Å². The Hall–Kier alpha value is -2.48. The Morgan fingerprint density at radius 1 is 1.03 bits per heavy atom. The van der Waals surface area contributed by atoms with Gasteiger partial charge in [-0.3, -0.25) is 14.5 Å². The van der Waals surface area contributed by atoms with Crippen LogP contribution in [0, 0.1) is 0 Å². The summed E-state index contributed by atoms with van der Waals surface area (Å²) in [5.74, 6) is 0.805. The van der Waals surface area contributed by atoms with Crippen molar-refractivity contribution in [2.75, 3.05) is 38.6 Å². The van der Waals surface area contributed by atoms with Crippen LogP contribution in [0.1, 0.15) is 0 Å². The molecule has 0 aromatic heterocycles. The van der Waals surface area contributed by atoms with Gasteiger partial charge in [-0.2, -0.15) is 0 Å². The molecule has 3 rings (SSSR count). The number of para-hydroxylation sites is 3. The molecule has 1 aliphatic heterocycles. The number of halogens is 2. The minimum absolute atomic E-state index is 0.00534. The highest BCUT2D eigenvalue weighted by Crippen LogP contribution is 2.31. The summed E-state index contributed by atoms with van der Waals surface area (Å²) in [7, 11) is 1.67. The van der Waals surface area contributed by atoms with Gasteiger partial charge in [0.25, 0.3) is 0 Å².